The molecule has 5 rings (SSSR count). The lowest BCUT2D eigenvalue weighted by atomic mass is 10.00. The average molecular weight is 471 g/mol. The van der Waals surface area contributed by atoms with Crippen molar-refractivity contribution in [3.05, 3.63) is 75.6 Å². The monoisotopic (exact) mass is 470 g/mol. The highest BCUT2D eigenvalue weighted by molar-refractivity contribution is 7.12. The van der Waals surface area contributed by atoms with Crippen LogP contribution in [0.3, 0.4) is 0 Å². The molecule has 0 radical (unpaired) electrons. The third-order valence-corrected chi connectivity index (χ3v) is 7.67. The van der Waals surface area contributed by atoms with Gasteiger partial charge in [0.05, 0.1) is 23.9 Å². The lowest BCUT2D eigenvalue weighted by molar-refractivity contribution is -0.172. The lowest BCUT2D eigenvalue weighted by Gasteiger charge is -2.29. The number of ether oxygens (including phenoxy) is 2. The molecule has 1 aromatic heterocycles. The lowest BCUT2D eigenvalue weighted by Crippen LogP contribution is -2.29. The Balaban J connectivity index is 1.22. The highest BCUT2D eigenvalue weighted by atomic mass is 32.1. The quantitative estimate of drug-likeness (QED) is 0.433. The SMILES string of the molecule is Cc1nc(-c2ccc(F)cc2)c(C2CCN(CCCC3(c4ccc(F)cc4)OCCO3)C2)s1. The number of halogens is 2. The average Bonchev–Trinajstić information content (AvgIpc) is 3.55. The van der Waals surface area contributed by atoms with Crippen LogP contribution in [0.1, 0.15) is 40.6 Å². The second-order valence-corrected chi connectivity index (χ2v) is 10.0. The van der Waals surface area contributed by atoms with Crippen LogP contribution in [0.4, 0.5) is 8.78 Å². The van der Waals surface area contributed by atoms with E-state index < -0.39 is 5.79 Å². The third-order valence-electron chi connectivity index (χ3n) is 6.54. The number of benzene rings is 2. The number of hydrogen-bond donors (Lipinski definition) is 0. The fraction of sp³-hybridized carbons (Fsp3) is 0.423. The summed E-state index contributed by atoms with van der Waals surface area (Å²) < 4.78 is 38.8. The number of nitrogens with zero attached hydrogens (tertiary/aromatic N) is 2. The molecule has 0 aliphatic carbocycles. The normalized spacial score (nSPS) is 20.5. The molecule has 33 heavy (non-hydrogen) atoms. The van der Waals surface area contributed by atoms with Crippen LogP contribution in [-0.2, 0) is 15.3 Å². The Morgan fingerprint density at radius 3 is 2.39 bits per heavy atom. The van der Waals surface area contributed by atoms with Gasteiger partial charge in [-0.05, 0) is 69.3 Å². The zero-order valence-corrected chi connectivity index (χ0v) is 19.5. The summed E-state index contributed by atoms with van der Waals surface area (Å²) in [5.41, 5.74) is 2.85. The highest BCUT2D eigenvalue weighted by Crippen LogP contribution is 2.39. The maximum absolute atomic E-state index is 13.4. The molecule has 2 aliphatic rings. The Kier molecular flexibility index (Phi) is 6.56. The van der Waals surface area contributed by atoms with Crippen LogP contribution in [0.5, 0.6) is 0 Å². The molecule has 2 aromatic carbocycles. The van der Waals surface area contributed by atoms with Crippen LogP contribution in [0, 0.1) is 18.6 Å². The van der Waals surface area contributed by atoms with Crippen LogP contribution in [0.15, 0.2) is 48.5 Å². The molecular formula is C26H28F2N2O2S. The van der Waals surface area contributed by atoms with E-state index in [1.165, 1.54) is 29.1 Å². The molecule has 4 nitrogen and oxygen atoms in total. The molecule has 7 heteroatoms. The first-order chi connectivity index (χ1) is 16.0. The molecule has 3 heterocycles. The van der Waals surface area contributed by atoms with Crippen LogP contribution in [-0.4, -0.2) is 42.7 Å². The first-order valence-corrected chi connectivity index (χ1v) is 12.3. The van der Waals surface area contributed by atoms with E-state index in [0.29, 0.717) is 19.1 Å². The number of hydrogen-bond acceptors (Lipinski definition) is 5. The van der Waals surface area contributed by atoms with Gasteiger partial charge in [-0.2, -0.15) is 0 Å². The molecular weight excluding hydrogens is 442 g/mol. The molecule has 0 N–H and O–H groups in total. The Labute approximate surface area is 197 Å². The number of rotatable bonds is 7. The molecule has 2 saturated heterocycles. The summed E-state index contributed by atoms with van der Waals surface area (Å²) in [7, 11) is 0. The summed E-state index contributed by atoms with van der Waals surface area (Å²) in [5.74, 6) is -0.820. The second-order valence-electron chi connectivity index (χ2n) is 8.80. The fourth-order valence-electron chi connectivity index (χ4n) is 4.93. The molecule has 2 fully saturated rings. The van der Waals surface area contributed by atoms with Crippen LogP contribution in [0.25, 0.3) is 11.3 Å². The largest absolute Gasteiger partial charge is 0.343 e. The molecule has 2 aliphatic heterocycles. The smallest absolute Gasteiger partial charge is 0.195 e. The van der Waals surface area contributed by atoms with Gasteiger partial charge in [0, 0.05) is 34.9 Å². The molecule has 0 spiro atoms. The first-order valence-electron chi connectivity index (χ1n) is 11.5. The van der Waals surface area contributed by atoms with Crippen molar-refractivity contribution >= 4 is 11.3 Å². The van der Waals surface area contributed by atoms with Crippen LogP contribution >= 0.6 is 11.3 Å². The summed E-state index contributed by atoms with van der Waals surface area (Å²) in [6, 6.07) is 13.1. The summed E-state index contributed by atoms with van der Waals surface area (Å²) in [6.07, 6.45) is 2.75. The van der Waals surface area contributed by atoms with Gasteiger partial charge < -0.3 is 14.4 Å². The van der Waals surface area contributed by atoms with Crippen molar-refractivity contribution in [3.63, 3.8) is 0 Å². The minimum Gasteiger partial charge on any atom is -0.343 e. The second kappa shape index (κ2) is 9.58. The maximum Gasteiger partial charge on any atom is 0.195 e. The summed E-state index contributed by atoms with van der Waals surface area (Å²) in [5, 5.41) is 1.04. The zero-order valence-electron chi connectivity index (χ0n) is 18.7. The van der Waals surface area contributed by atoms with Gasteiger partial charge >= 0.3 is 0 Å². The van der Waals surface area contributed by atoms with Gasteiger partial charge in [0.25, 0.3) is 0 Å². The summed E-state index contributed by atoms with van der Waals surface area (Å²) >= 11 is 1.75. The van der Waals surface area contributed by atoms with E-state index in [4.69, 9.17) is 14.5 Å². The van der Waals surface area contributed by atoms with Gasteiger partial charge in [0.15, 0.2) is 5.79 Å². The van der Waals surface area contributed by atoms with Crippen molar-refractivity contribution in [1.29, 1.82) is 0 Å². The van der Waals surface area contributed by atoms with Crippen molar-refractivity contribution in [3.8, 4) is 11.3 Å². The molecule has 0 saturated carbocycles. The van der Waals surface area contributed by atoms with E-state index in [2.05, 4.69) is 4.90 Å². The Bertz CT molecular complexity index is 1080. The van der Waals surface area contributed by atoms with E-state index in [0.717, 1.165) is 60.7 Å². The number of thiazole rings is 1. The van der Waals surface area contributed by atoms with Gasteiger partial charge in [-0.3, -0.25) is 0 Å². The van der Waals surface area contributed by atoms with E-state index in [1.54, 1.807) is 23.5 Å². The predicted molar refractivity (Wildman–Crippen MR) is 125 cm³/mol. The Morgan fingerprint density at radius 2 is 1.70 bits per heavy atom. The molecule has 1 unspecified atom stereocenters. The summed E-state index contributed by atoms with van der Waals surface area (Å²) in [6.45, 7) is 6.12. The van der Waals surface area contributed by atoms with E-state index >= 15 is 0 Å². The standard InChI is InChI=1S/C26H28F2N2O2S/c1-18-29-24(19-3-7-22(27)8-4-19)25(33-18)20-11-14-30(17-20)13-2-12-26(31-15-16-32-26)21-5-9-23(28)10-6-21/h3-10,20H,2,11-17H2,1H3. The minimum absolute atomic E-state index is 0.229. The highest BCUT2D eigenvalue weighted by Gasteiger charge is 2.38. The first kappa shape index (κ1) is 22.6. The summed E-state index contributed by atoms with van der Waals surface area (Å²) in [4.78, 5) is 8.55. The van der Waals surface area contributed by atoms with Crippen molar-refractivity contribution in [1.82, 2.24) is 9.88 Å². The van der Waals surface area contributed by atoms with E-state index in [-0.39, 0.29) is 11.6 Å². The van der Waals surface area contributed by atoms with Gasteiger partial charge in [0.2, 0.25) is 0 Å². The van der Waals surface area contributed by atoms with Crippen LogP contribution in [0.2, 0.25) is 0 Å². The number of aromatic nitrogens is 1. The van der Waals surface area contributed by atoms with Crippen LogP contribution < -0.4 is 0 Å². The molecule has 3 aromatic rings. The van der Waals surface area contributed by atoms with Gasteiger partial charge in [-0.1, -0.05) is 12.1 Å². The minimum atomic E-state index is -0.767. The van der Waals surface area contributed by atoms with Crippen molar-refractivity contribution < 1.29 is 18.3 Å². The predicted octanol–water partition coefficient (Wildman–Crippen LogP) is 5.87. The van der Waals surface area contributed by atoms with Crippen molar-refractivity contribution in [2.75, 3.05) is 32.8 Å². The van der Waals surface area contributed by atoms with Crippen molar-refractivity contribution in [2.24, 2.45) is 0 Å². The van der Waals surface area contributed by atoms with Gasteiger partial charge in [-0.25, -0.2) is 13.8 Å². The number of aryl methyl sites for hydroxylation is 1. The molecule has 174 valence electrons. The number of likely N-dealkylation sites (tertiary alicyclic amines) is 1. The molecule has 0 amide bonds. The topological polar surface area (TPSA) is 34.6 Å². The fourth-order valence-corrected chi connectivity index (χ4v) is 6.01. The Morgan fingerprint density at radius 1 is 1.03 bits per heavy atom. The Hall–Kier alpha value is -2.19. The van der Waals surface area contributed by atoms with Gasteiger partial charge in [0.1, 0.15) is 11.6 Å². The maximum atomic E-state index is 13.4. The van der Waals surface area contributed by atoms with E-state index in [9.17, 15) is 8.78 Å². The molecule has 0 bridgehead atoms. The molecule has 1 atom stereocenters. The van der Waals surface area contributed by atoms with Gasteiger partial charge in [-0.15, -0.1) is 11.3 Å². The zero-order chi connectivity index (χ0) is 22.8. The van der Waals surface area contributed by atoms with E-state index in [1.807, 2.05) is 19.1 Å². The van der Waals surface area contributed by atoms with Crippen molar-refractivity contribution in [2.45, 2.75) is 37.9 Å². The third kappa shape index (κ3) is 4.87.